The molecule has 0 aromatic heterocycles. The zero-order chi connectivity index (χ0) is 11.3. The van der Waals surface area contributed by atoms with E-state index >= 15 is 0 Å². The molecule has 0 aromatic carbocycles. The second-order valence-electron chi connectivity index (χ2n) is 4.63. The van der Waals surface area contributed by atoms with Crippen LogP contribution in [0.15, 0.2) is 0 Å². The first-order valence-corrected chi connectivity index (χ1v) is 7.14. The van der Waals surface area contributed by atoms with E-state index in [9.17, 15) is 5.11 Å². The van der Waals surface area contributed by atoms with Crippen LogP contribution in [-0.4, -0.2) is 34.3 Å². The van der Waals surface area contributed by atoms with E-state index in [0.29, 0.717) is 11.3 Å². The van der Waals surface area contributed by atoms with Gasteiger partial charge in [0.25, 0.3) is 0 Å². The number of thioether (sulfide) groups is 1. The van der Waals surface area contributed by atoms with Crippen molar-refractivity contribution in [2.24, 2.45) is 0 Å². The minimum absolute atomic E-state index is 0.186. The predicted octanol–water partition coefficient (Wildman–Crippen LogP) is 2.41. The molecule has 1 saturated carbocycles. The Balaban J connectivity index is 2.29. The van der Waals surface area contributed by atoms with Crippen molar-refractivity contribution in [2.75, 3.05) is 6.54 Å². The number of aliphatic hydroxyl groups excluding tert-OH is 1. The maximum Gasteiger partial charge on any atom is 0.0628 e. The summed E-state index contributed by atoms with van der Waals surface area (Å²) < 4.78 is 0. The van der Waals surface area contributed by atoms with E-state index in [0.717, 1.165) is 11.8 Å². The maximum absolute atomic E-state index is 9.48. The zero-order valence-electron chi connectivity index (χ0n) is 10.2. The van der Waals surface area contributed by atoms with Crippen LogP contribution in [0.1, 0.15) is 46.5 Å². The third-order valence-corrected chi connectivity index (χ3v) is 4.84. The molecule has 90 valence electrons. The van der Waals surface area contributed by atoms with Gasteiger partial charge in [0, 0.05) is 16.5 Å². The van der Waals surface area contributed by atoms with Crippen LogP contribution in [0.5, 0.6) is 0 Å². The molecule has 3 heteroatoms. The Labute approximate surface area is 98.2 Å². The van der Waals surface area contributed by atoms with Crippen molar-refractivity contribution in [3.8, 4) is 0 Å². The fourth-order valence-corrected chi connectivity index (χ4v) is 3.64. The second-order valence-corrected chi connectivity index (χ2v) is 6.31. The summed E-state index contributed by atoms with van der Waals surface area (Å²) in [6.45, 7) is 7.28. The van der Waals surface area contributed by atoms with E-state index in [4.69, 9.17) is 0 Å². The molecule has 4 unspecified atom stereocenters. The van der Waals surface area contributed by atoms with E-state index in [2.05, 4.69) is 19.2 Å². The van der Waals surface area contributed by atoms with Crippen LogP contribution < -0.4 is 5.32 Å². The predicted molar refractivity (Wildman–Crippen MR) is 68.5 cm³/mol. The van der Waals surface area contributed by atoms with E-state index in [1.54, 1.807) is 0 Å². The van der Waals surface area contributed by atoms with Crippen LogP contribution in [-0.2, 0) is 0 Å². The Morgan fingerprint density at radius 1 is 1.40 bits per heavy atom. The topological polar surface area (TPSA) is 32.3 Å². The van der Waals surface area contributed by atoms with Gasteiger partial charge in [0.05, 0.1) is 6.10 Å². The first kappa shape index (κ1) is 13.3. The van der Waals surface area contributed by atoms with Gasteiger partial charge in [-0.1, -0.05) is 20.3 Å². The lowest BCUT2D eigenvalue weighted by atomic mass is 9.95. The summed E-state index contributed by atoms with van der Waals surface area (Å²) in [6.07, 6.45) is 5.07. The highest BCUT2D eigenvalue weighted by Crippen LogP contribution is 2.32. The van der Waals surface area contributed by atoms with E-state index in [1.807, 2.05) is 18.7 Å². The van der Waals surface area contributed by atoms with Crippen LogP contribution in [0.4, 0.5) is 0 Å². The Kier molecular flexibility index (Phi) is 6.02. The minimum atomic E-state index is -0.186. The Morgan fingerprint density at radius 2 is 2.13 bits per heavy atom. The molecule has 1 aliphatic carbocycles. The lowest BCUT2D eigenvalue weighted by Crippen LogP contribution is -2.35. The van der Waals surface area contributed by atoms with Gasteiger partial charge in [-0.3, -0.25) is 0 Å². The number of aliphatic hydroxyl groups is 1. The smallest absolute Gasteiger partial charge is 0.0628 e. The monoisotopic (exact) mass is 231 g/mol. The Bertz CT molecular complexity index is 173. The molecule has 1 fully saturated rings. The largest absolute Gasteiger partial charge is 0.392 e. The van der Waals surface area contributed by atoms with Gasteiger partial charge in [-0.2, -0.15) is 11.8 Å². The number of hydrogen-bond donors (Lipinski definition) is 2. The first-order valence-electron chi connectivity index (χ1n) is 6.20. The van der Waals surface area contributed by atoms with Gasteiger partial charge in [0.2, 0.25) is 0 Å². The van der Waals surface area contributed by atoms with Gasteiger partial charge in [0.15, 0.2) is 0 Å². The quantitative estimate of drug-likeness (QED) is 0.762. The lowest BCUT2D eigenvalue weighted by molar-refractivity contribution is 0.196. The molecule has 15 heavy (non-hydrogen) atoms. The van der Waals surface area contributed by atoms with Gasteiger partial charge < -0.3 is 10.4 Å². The summed E-state index contributed by atoms with van der Waals surface area (Å²) in [5.74, 6) is 0. The van der Waals surface area contributed by atoms with E-state index in [-0.39, 0.29) is 6.10 Å². The average molecular weight is 231 g/mol. The van der Waals surface area contributed by atoms with Crippen molar-refractivity contribution in [1.29, 1.82) is 0 Å². The molecule has 0 radical (unpaired) electrons. The maximum atomic E-state index is 9.48. The van der Waals surface area contributed by atoms with Crippen molar-refractivity contribution in [1.82, 2.24) is 5.32 Å². The second kappa shape index (κ2) is 6.77. The summed E-state index contributed by atoms with van der Waals surface area (Å²) in [6, 6.07) is 0.711. The molecule has 0 spiro atoms. The van der Waals surface area contributed by atoms with Crippen LogP contribution in [0.2, 0.25) is 0 Å². The fraction of sp³-hybridized carbons (Fsp3) is 1.00. The SMILES string of the molecule is CCNC1CCCC(SC(C)C(C)O)C1. The van der Waals surface area contributed by atoms with Crippen molar-refractivity contribution in [3.05, 3.63) is 0 Å². The van der Waals surface area contributed by atoms with Crippen LogP contribution >= 0.6 is 11.8 Å². The molecule has 0 saturated heterocycles. The Hall–Kier alpha value is 0.270. The summed E-state index contributed by atoms with van der Waals surface area (Å²) in [7, 11) is 0. The van der Waals surface area contributed by atoms with E-state index in [1.165, 1.54) is 25.7 Å². The normalized spacial score (nSPS) is 31.2. The summed E-state index contributed by atoms with van der Waals surface area (Å²) >= 11 is 1.97. The number of nitrogens with one attached hydrogen (secondary N) is 1. The molecule has 0 aromatic rings. The first-order chi connectivity index (χ1) is 7.13. The molecule has 0 aliphatic heterocycles. The molecule has 0 bridgehead atoms. The van der Waals surface area contributed by atoms with E-state index < -0.39 is 0 Å². The highest BCUT2D eigenvalue weighted by molar-refractivity contribution is 8.00. The van der Waals surface area contributed by atoms with Crippen LogP contribution in [0.3, 0.4) is 0 Å². The molecule has 1 rings (SSSR count). The number of rotatable bonds is 5. The van der Waals surface area contributed by atoms with Crippen LogP contribution in [0.25, 0.3) is 0 Å². The standard InChI is InChI=1S/C12H25NOS/c1-4-13-11-6-5-7-12(8-11)15-10(3)9(2)14/h9-14H,4-8H2,1-3H3. The van der Waals surface area contributed by atoms with Crippen LogP contribution in [0, 0.1) is 0 Å². The number of hydrogen-bond acceptors (Lipinski definition) is 3. The highest BCUT2D eigenvalue weighted by atomic mass is 32.2. The fourth-order valence-electron chi connectivity index (χ4n) is 2.16. The molecule has 2 nitrogen and oxygen atoms in total. The van der Waals surface area contributed by atoms with Crippen molar-refractivity contribution in [3.63, 3.8) is 0 Å². The molecule has 0 amide bonds. The molecule has 0 heterocycles. The molecular formula is C12H25NOS. The van der Waals surface area contributed by atoms with Gasteiger partial charge in [-0.15, -0.1) is 0 Å². The third kappa shape index (κ3) is 4.75. The van der Waals surface area contributed by atoms with Crippen molar-refractivity contribution in [2.45, 2.75) is 69.1 Å². The van der Waals surface area contributed by atoms with Gasteiger partial charge in [-0.05, 0) is 32.7 Å². The molecule has 1 aliphatic rings. The van der Waals surface area contributed by atoms with Gasteiger partial charge in [-0.25, -0.2) is 0 Å². The summed E-state index contributed by atoms with van der Waals surface area (Å²) in [5.41, 5.74) is 0. The summed E-state index contributed by atoms with van der Waals surface area (Å²) in [5, 5.41) is 14.1. The highest BCUT2D eigenvalue weighted by Gasteiger charge is 2.24. The third-order valence-electron chi connectivity index (χ3n) is 3.21. The van der Waals surface area contributed by atoms with Crippen molar-refractivity contribution >= 4 is 11.8 Å². The zero-order valence-corrected chi connectivity index (χ0v) is 11.0. The molecular weight excluding hydrogens is 206 g/mol. The minimum Gasteiger partial charge on any atom is -0.392 e. The average Bonchev–Trinajstić information content (AvgIpc) is 2.18. The lowest BCUT2D eigenvalue weighted by Gasteiger charge is -2.31. The van der Waals surface area contributed by atoms with Gasteiger partial charge >= 0.3 is 0 Å². The molecule has 2 N–H and O–H groups in total. The Morgan fingerprint density at radius 3 is 2.73 bits per heavy atom. The summed E-state index contributed by atoms with van der Waals surface area (Å²) in [4.78, 5) is 0. The molecule has 4 atom stereocenters. The van der Waals surface area contributed by atoms with Crippen molar-refractivity contribution < 1.29 is 5.11 Å². The van der Waals surface area contributed by atoms with Gasteiger partial charge in [0.1, 0.15) is 0 Å².